The number of aryl methyl sites for hydroxylation is 1. The second-order valence-electron chi connectivity index (χ2n) is 5.79. The highest BCUT2D eigenvalue weighted by Gasteiger charge is 2.42. The maximum atomic E-state index is 11.8. The largest absolute Gasteiger partial charge is 0.398 e. The average molecular weight is 307 g/mol. The maximum absolute atomic E-state index is 11.8. The number of rotatable bonds is 2. The van der Waals surface area contributed by atoms with Crippen molar-refractivity contribution in [1.82, 2.24) is 20.2 Å². The van der Waals surface area contributed by atoms with Crippen molar-refractivity contribution in [1.29, 1.82) is 0 Å². The van der Waals surface area contributed by atoms with E-state index in [0.29, 0.717) is 17.9 Å². The Morgan fingerprint density at radius 2 is 2.14 bits per heavy atom. The first-order valence-corrected chi connectivity index (χ1v) is 8.49. The number of tetrazole rings is 1. The number of nitrogens with two attached hydrogens (primary N) is 1. The van der Waals surface area contributed by atoms with Gasteiger partial charge in [0.2, 0.25) is 0 Å². The van der Waals surface area contributed by atoms with E-state index in [9.17, 15) is 8.42 Å². The Kier molecular flexibility index (Phi) is 3.01. The molecule has 2 N–H and O–H groups in total. The Labute approximate surface area is 123 Å². The van der Waals surface area contributed by atoms with Gasteiger partial charge in [0.05, 0.1) is 17.0 Å². The number of benzene rings is 1. The van der Waals surface area contributed by atoms with Crippen molar-refractivity contribution in [2.24, 2.45) is 0 Å². The molecule has 2 heterocycles. The Morgan fingerprint density at radius 1 is 1.38 bits per heavy atom. The Morgan fingerprint density at radius 3 is 2.76 bits per heavy atom. The highest BCUT2D eigenvalue weighted by atomic mass is 32.2. The van der Waals surface area contributed by atoms with Crippen molar-refractivity contribution >= 4 is 15.5 Å². The van der Waals surface area contributed by atoms with Gasteiger partial charge >= 0.3 is 0 Å². The number of sulfone groups is 1. The fraction of sp³-hybridized carbons (Fsp3) is 0.462. The molecule has 0 radical (unpaired) electrons. The van der Waals surface area contributed by atoms with Gasteiger partial charge in [-0.05, 0) is 42.3 Å². The lowest BCUT2D eigenvalue weighted by atomic mass is 10.0. The van der Waals surface area contributed by atoms with Crippen LogP contribution in [-0.4, -0.2) is 40.1 Å². The number of nitrogens with zero attached hydrogens (tertiary/aromatic N) is 4. The first-order chi connectivity index (χ1) is 9.82. The molecule has 1 atom stereocenters. The van der Waals surface area contributed by atoms with Gasteiger partial charge in [-0.2, -0.15) is 0 Å². The van der Waals surface area contributed by atoms with E-state index in [1.807, 2.05) is 26.0 Å². The standard InChI is InChI=1S/C13H17N5O2S/c1-9-4-3-5-10(14)11(9)12-15-16-17-18(12)13(2)6-7-21(19,20)8-13/h3-5H,6-8,14H2,1-2H3. The molecular weight excluding hydrogens is 290 g/mol. The van der Waals surface area contributed by atoms with Gasteiger partial charge < -0.3 is 5.73 Å². The molecule has 3 rings (SSSR count). The number of aromatic nitrogens is 4. The van der Waals surface area contributed by atoms with Crippen LogP contribution in [0.5, 0.6) is 0 Å². The van der Waals surface area contributed by atoms with Gasteiger partial charge in [0, 0.05) is 11.3 Å². The summed E-state index contributed by atoms with van der Waals surface area (Å²) < 4.78 is 25.2. The molecule has 0 spiro atoms. The molecule has 1 aromatic heterocycles. The fourth-order valence-electron chi connectivity index (χ4n) is 2.86. The monoisotopic (exact) mass is 307 g/mol. The molecule has 1 aliphatic heterocycles. The zero-order valence-electron chi connectivity index (χ0n) is 11.9. The minimum absolute atomic E-state index is 0.0455. The van der Waals surface area contributed by atoms with Crippen LogP contribution < -0.4 is 5.73 Å². The third-order valence-electron chi connectivity index (χ3n) is 3.99. The molecule has 0 amide bonds. The summed E-state index contributed by atoms with van der Waals surface area (Å²) in [6.07, 6.45) is 0.499. The Balaban J connectivity index is 2.15. The fourth-order valence-corrected chi connectivity index (χ4v) is 4.97. The zero-order valence-corrected chi connectivity index (χ0v) is 12.8. The summed E-state index contributed by atoms with van der Waals surface area (Å²) >= 11 is 0. The molecular formula is C13H17N5O2S. The van der Waals surface area contributed by atoms with Crippen LogP contribution in [-0.2, 0) is 15.4 Å². The molecule has 7 nitrogen and oxygen atoms in total. The first-order valence-electron chi connectivity index (χ1n) is 6.67. The summed E-state index contributed by atoms with van der Waals surface area (Å²) in [5.74, 6) is 0.723. The van der Waals surface area contributed by atoms with E-state index in [2.05, 4.69) is 15.5 Å². The Hall–Kier alpha value is -1.96. The average Bonchev–Trinajstić information content (AvgIpc) is 2.95. The van der Waals surface area contributed by atoms with Gasteiger partial charge in [-0.25, -0.2) is 13.1 Å². The molecule has 1 saturated heterocycles. The third-order valence-corrected chi connectivity index (χ3v) is 5.88. The molecule has 8 heteroatoms. The van der Waals surface area contributed by atoms with Crippen LogP contribution in [0.25, 0.3) is 11.4 Å². The summed E-state index contributed by atoms with van der Waals surface area (Å²) in [4.78, 5) is 0. The van der Waals surface area contributed by atoms with Crippen LogP contribution in [0.4, 0.5) is 5.69 Å². The molecule has 1 aliphatic rings. The number of hydrogen-bond acceptors (Lipinski definition) is 6. The highest BCUT2D eigenvalue weighted by Crippen LogP contribution is 2.35. The molecule has 0 bridgehead atoms. The van der Waals surface area contributed by atoms with Crippen molar-refractivity contribution in [2.75, 3.05) is 17.2 Å². The normalized spacial score (nSPS) is 24.3. The molecule has 1 aromatic carbocycles. The summed E-state index contributed by atoms with van der Waals surface area (Å²) in [6.45, 7) is 3.80. The molecule has 21 heavy (non-hydrogen) atoms. The number of nitrogen functional groups attached to an aromatic ring is 1. The quantitative estimate of drug-likeness (QED) is 0.822. The van der Waals surface area contributed by atoms with Crippen LogP contribution in [0.1, 0.15) is 18.9 Å². The van der Waals surface area contributed by atoms with Gasteiger partial charge in [-0.3, -0.25) is 0 Å². The molecule has 1 unspecified atom stereocenters. The topological polar surface area (TPSA) is 104 Å². The number of hydrogen-bond donors (Lipinski definition) is 1. The van der Waals surface area contributed by atoms with E-state index >= 15 is 0 Å². The van der Waals surface area contributed by atoms with Crippen LogP contribution in [0.2, 0.25) is 0 Å². The van der Waals surface area contributed by atoms with Crippen LogP contribution in [0.3, 0.4) is 0 Å². The maximum Gasteiger partial charge on any atom is 0.184 e. The first kappa shape index (κ1) is 14.0. The minimum Gasteiger partial charge on any atom is -0.398 e. The molecule has 0 aliphatic carbocycles. The summed E-state index contributed by atoms with van der Waals surface area (Å²) in [5, 5.41) is 11.8. The van der Waals surface area contributed by atoms with E-state index < -0.39 is 15.4 Å². The van der Waals surface area contributed by atoms with Gasteiger partial charge in [0.1, 0.15) is 0 Å². The zero-order chi connectivity index (χ0) is 15.3. The predicted molar refractivity (Wildman–Crippen MR) is 79.3 cm³/mol. The Bertz CT molecular complexity index is 778. The predicted octanol–water partition coefficient (Wildman–Crippen LogP) is 0.764. The van der Waals surface area contributed by atoms with Gasteiger partial charge in [0.15, 0.2) is 15.7 Å². The van der Waals surface area contributed by atoms with Crippen molar-refractivity contribution < 1.29 is 8.42 Å². The highest BCUT2D eigenvalue weighted by molar-refractivity contribution is 7.91. The van der Waals surface area contributed by atoms with Gasteiger partial charge in [0.25, 0.3) is 0 Å². The second kappa shape index (κ2) is 4.52. The molecule has 112 valence electrons. The number of anilines is 1. The summed E-state index contributed by atoms with van der Waals surface area (Å²) in [5.41, 5.74) is 7.71. The van der Waals surface area contributed by atoms with E-state index in [0.717, 1.165) is 11.1 Å². The van der Waals surface area contributed by atoms with Crippen LogP contribution >= 0.6 is 0 Å². The van der Waals surface area contributed by atoms with Crippen molar-refractivity contribution in [3.8, 4) is 11.4 Å². The lowest BCUT2D eigenvalue weighted by molar-refractivity contribution is 0.325. The molecule has 2 aromatic rings. The summed E-state index contributed by atoms with van der Waals surface area (Å²) in [7, 11) is -3.05. The lowest BCUT2D eigenvalue weighted by Gasteiger charge is -2.24. The molecule has 0 saturated carbocycles. The minimum atomic E-state index is -3.05. The van der Waals surface area contributed by atoms with Crippen molar-refractivity contribution in [3.63, 3.8) is 0 Å². The second-order valence-corrected chi connectivity index (χ2v) is 7.98. The SMILES string of the molecule is Cc1cccc(N)c1-c1nnnn1C1(C)CCS(=O)(=O)C1. The van der Waals surface area contributed by atoms with E-state index in [4.69, 9.17) is 5.73 Å². The van der Waals surface area contributed by atoms with E-state index in [1.165, 1.54) is 0 Å². The van der Waals surface area contributed by atoms with Crippen molar-refractivity contribution in [2.45, 2.75) is 25.8 Å². The summed E-state index contributed by atoms with van der Waals surface area (Å²) in [6, 6.07) is 5.58. The third kappa shape index (κ3) is 2.29. The van der Waals surface area contributed by atoms with E-state index in [1.54, 1.807) is 10.7 Å². The smallest absolute Gasteiger partial charge is 0.184 e. The van der Waals surface area contributed by atoms with Gasteiger partial charge in [-0.1, -0.05) is 12.1 Å². The van der Waals surface area contributed by atoms with Crippen molar-refractivity contribution in [3.05, 3.63) is 23.8 Å². The lowest BCUT2D eigenvalue weighted by Crippen LogP contribution is -2.33. The molecule has 1 fully saturated rings. The van der Waals surface area contributed by atoms with E-state index in [-0.39, 0.29) is 11.5 Å². The van der Waals surface area contributed by atoms with Crippen LogP contribution in [0, 0.1) is 6.92 Å². The van der Waals surface area contributed by atoms with Gasteiger partial charge in [-0.15, -0.1) is 5.10 Å². The van der Waals surface area contributed by atoms with Crippen LogP contribution in [0.15, 0.2) is 18.2 Å².